The third-order valence-corrected chi connectivity index (χ3v) is 4.79. The van der Waals surface area contributed by atoms with Gasteiger partial charge in [0.15, 0.2) is 5.82 Å². The zero-order valence-corrected chi connectivity index (χ0v) is 13.8. The van der Waals surface area contributed by atoms with Crippen LogP contribution in [0.1, 0.15) is 12.8 Å². The third kappa shape index (κ3) is 5.10. The van der Waals surface area contributed by atoms with E-state index in [1.54, 1.807) is 4.90 Å². The van der Waals surface area contributed by atoms with Crippen LogP contribution in [0.2, 0.25) is 0 Å². The molecule has 1 fully saturated rings. The second-order valence-corrected chi connectivity index (χ2v) is 7.51. The number of likely N-dealkylation sites (tertiary alicyclic amines) is 1. The van der Waals surface area contributed by atoms with Gasteiger partial charge in [-0.1, -0.05) is 0 Å². The Morgan fingerprint density at radius 2 is 2.13 bits per heavy atom. The Hall–Kier alpha value is -1.81. The quantitative estimate of drug-likeness (QED) is 0.738. The van der Waals surface area contributed by atoms with E-state index in [2.05, 4.69) is 9.97 Å². The molecule has 0 aliphatic carbocycles. The second kappa shape index (κ2) is 7.18. The van der Waals surface area contributed by atoms with E-state index in [9.17, 15) is 17.6 Å². The minimum Gasteiger partial charge on any atom is -0.458 e. The molecule has 0 bridgehead atoms. The molecule has 1 aromatic heterocycles. The molecule has 0 unspecified atom stereocenters. The van der Waals surface area contributed by atoms with E-state index in [1.165, 1.54) is 7.05 Å². The van der Waals surface area contributed by atoms with Crippen LogP contribution in [0.5, 0.6) is 6.01 Å². The van der Waals surface area contributed by atoms with Crippen molar-refractivity contribution < 1.29 is 22.3 Å². The Morgan fingerprint density at radius 1 is 1.48 bits per heavy atom. The lowest BCUT2D eigenvalue weighted by Gasteiger charge is -2.33. The molecule has 1 aliphatic rings. The van der Waals surface area contributed by atoms with E-state index in [1.807, 2.05) is 0 Å². The summed E-state index contributed by atoms with van der Waals surface area (Å²) in [4.78, 5) is 21.2. The van der Waals surface area contributed by atoms with Gasteiger partial charge in [0.05, 0.1) is 31.7 Å². The maximum atomic E-state index is 12.8. The van der Waals surface area contributed by atoms with Gasteiger partial charge in [-0.25, -0.2) is 22.8 Å². The zero-order chi connectivity index (χ0) is 17.0. The van der Waals surface area contributed by atoms with Crippen molar-refractivity contribution in [1.82, 2.24) is 19.2 Å². The van der Waals surface area contributed by atoms with E-state index >= 15 is 0 Å². The Bertz CT molecular complexity index is 652. The Morgan fingerprint density at radius 3 is 2.74 bits per heavy atom. The fourth-order valence-electron chi connectivity index (χ4n) is 2.18. The lowest BCUT2D eigenvalue weighted by molar-refractivity contribution is -0.133. The van der Waals surface area contributed by atoms with Gasteiger partial charge in [0.1, 0.15) is 6.10 Å². The molecule has 2 heterocycles. The number of carbonyl (C=O) groups excluding carboxylic acids is 1. The second-order valence-electron chi connectivity index (χ2n) is 5.42. The first-order chi connectivity index (χ1) is 10.8. The number of nitrogens with zero attached hydrogens (tertiary/aromatic N) is 4. The van der Waals surface area contributed by atoms with Gasteiger partial charge in [0.2, 0.25) is 15.9 Å². The summed E-state index contributed by atoms with van der Waals surface area (Å²) in [5.74, 6) is -0.840. The highest BCUT2D eigenvalue weighted by atomic mass is 32.2. The molecule has 1 atom stereocenters. The van der Waals surface area contributed by atoms with E-state index in [4.69, 9.17) is 4.74 Å². The Kier molecular flexibility index (Phi) is 5.47. The maximum absolute atomic E-state index is 12.8. The van der Waals surface area contributed by atoms with Crippen LogP contribution in [0.25, 0.3) is 0 Å². The van der Waals surface area contributed by atoms with E-state index in [-0.39, 0.29) is 24.6 Å². The zero-order valence-electron chi connectivity index (χ0n) is 13.0. The summed E-state index contributed by atoms with van der Waals surface area (Å²) in [6.07, 6.45) is 4.20. The van der Waals surface area contributed by atoms with Crippen molar-refractivity contribution in [2.45, 2.75) is 18.9 Å². The number of halogens is 1. The SMILES string of the molecule is CN(CC(=O)N1CCC[C@H](Oc2ncc(F)cn2)C1)S(C)(=O)=O. The molecule has 1 aliphatic heterocycles. The van der Waals surface area contributed by atoms with Crippen molar-refractivity contribution in [3.63, 3.8) is 0 Å². The molecule has 0 aromatic carbocycles. The lowest BCUT2D eigenvalue weighted by atomic mass is 10.1. The molecule has 1 saturated heterocycles. The molecule has 1 aromatic rings. The van der Waals surface area contributed by atoms with E-state index < -0.39 is 15.8 Å². The van der Waals surface area contributed by atoms with Gasteiger partial charge in [-0.3, -0.25) is 4.79 Å². The van der Waals surface area contributed by atoms with Crippen LogP contribution in [0.3, 0.4) is 0 Å². The molecule has 2 rings (SSSR count). The van der Waals surface area contributed by atoms with Crippen LogP contribution in [0.15, 0.2) is 12.4 Å². The summed E-state index contributed by atoms with van der Waals surface area (Å²) >= 11 is 0. The number of ether oxygens (including phenoxy) is 1. The number of hydrogen-bond acceptors (Lipinski definition) is 6. The monoisotopic (exact) mass is 346 g/mol. The number of likely N-dealkylation sites (N-methyl/N-ethyl adjacent to an activating group) is 1. The van der Waals surface area contributed by atoms with Gasteiger partial charge in [-0.15, -0.1) is 0 Å². The van der Waals surface area contributed by atoms with Crippen LogP contribution in [0.4, 0.5) is 4.39 Å². The van der Waals surface area contributed by atoms with Crippen LogP contribution in [-0.2, 0) is 14.8 Å². The largest absolute Gasteiger partial charge is 0.458 e. The Balaban J connectivity index is 1.92. The lowest BCUT2D eigenvalue weighted by Crippen LogP contribution is -2.48. The number of aromatic nitrogens is 2. The fraction of sp³-hybridized carbons (Fsp3) is 0.615. The number of sulfonamides is 1. The highest BCUT2D eigenvalue weighted by Crippen LogP contribution is 2.15. The van der Waals surface area contributed by atoms with Crippen molar-refractivity contribution in [3.05, 3.63) is 18.2 Å². The molecule has 8 nitrogen and oxygen atoms in total. The summed E-state index contributed by atoms with van der Waals surface area (Å²) in [5.41, 5.74) is 0. The molecule has 0 N–H and O–H groups in total. The number of amides is 1. The van der Waals surface area contributed by atoms with Crippen molar-refractivity contribution >= 4 is 15.9 Å². The topological polar surface area (TPSA) is 92.7 Å². The molecule has 0 radical (unpaired) electrons. The summed E-state index contributed by atoms with van der Waals surface area (Å²) in [5, 5.41) is 0. The van der Waals surface area contributed by atoms with Crippen molar-refractivity contribution in [1.29, 1.82) is 0 Å². The van der Waals surface area contributed by atoms with Gasteiger partial charge in [-0.2, -0.15) is 4.31 Å². The predicted molar refractivity (Wildman–Crippen MR) is 79.7 cm³/mol. The van der Waals surface area contributed by atoms with E-state index in [0.717, 1.165) is 29.4 Å². The van der Waals surface area contributed by atoms with Gasteiger partial charge < -0.3 is 9.64 Å². The van der Waals surface area contributed by atoms with Gasteiger partial charge in [0, 0.05) is 13.6 Å². The molecule has 128 valence electrons. The third-order valence-electron chi connectivity index (χ3n) is 3.52. The highest BCUT2D eigenvalue weighted by molar-refractivity contribution is 7.88. The van der Waals surface area contributed by atoms with Crippen molar-refractivity contribution in [2.24, 2.45) is 0 Å². The van der Waals surface area contributed by atoms with Crippen LogP contribution in [0, 0.1) is 5.82 Å². The fourth-order valence-corrected chi connectivity index (χ4v) is 2.52. The molecular weight excluding hydrogens is 327 g/mol. The number of carbonyl (C=O) groups is 1. The van der Waals surface area contributed by atoms with Crippen LogP contribution >= 0.6 is 0 Å². The normalized spacial score (nSPS) is 19.0. The average Bonchev–Trinajstić information content (AvgIpc) is 2.49. The number of piperidine rings is 1. The van der Waals surface area contributed by atoms with Crippen molar-refractivity contribution in [3.8, 4) is 6.01 Å². The van der Waals surface area contributed by atoms with Crippen molar-refractivity contribution in [2.75, 3.05) is 32.9 Å². The van der Waals surface area contributed by atoms with Crippen LogP contribution in [-0.4, -0.2) is 72.5 Å². The van der Waals surface area contributed by atoms with Gasteiger partial charge >= 0.3 is 6.01 Å². The molecular formula is C13H19FN4O4S. The smallest absolute Gasteiger partial charge is 0.316 e. The summed E-state index contributed by atoms with van der Waals surface area (Å²) in [6.45, 7) is 0.649. The summed E-state index contributed by atoms with van der Waals surface area (Å²) in [7, 11) is -2.04. The first kappa shape index (κ1) is 17.5. The first-order valence-electron chi connectivity index (χ1n) is 7.09. The molecule has 23 heavy (non-hydrogen) atoms. The van der Waals surface area contributed by atoms with Gasteiger partial charge in [0.25, 0.3) is 0 Å². The summed E-state index contributed by atoms with van der Waals surface area (Å²) in [6, 6.07) is 0.0546. The van der Waals surface area contributed by atoms with E-state index in [0.29, 0.717) is 19.5 Å². The summed E-state index contributed by atoms with van der Waals surface area (Å²) < 4.78 is 42.0. The number of rotatable bonds is 5. The minimum atomic E-state index is -3.40. The van der Waals surface area contributed by atoms with Gasteiger partial charge in [-0.05, 0) is 12.8 Å². The molecule has 0 saturated carbocycles. The Labute approximate surface area is 134 Å². The molecule has 1 amide bonds. The minimum absolute atomic E-state index is 0.0546. The average molecular weight is 346 g/mol. The first-order valence-corrected chi connectivity index (χ1v) is 8.94. The maximum Gasteiger partial charge on any atom is 0.316 e. The molecule has 0 spiro atoms. The predicted octanol–water partition coefficient (Wildman–Crippen LogP) is -0.123. The standard InChI is InChI=1S/C13H19FN4O4S/c1-17(23(2,20)21)9-12(19)18-5-3-4-11(8-18)22-13-15-6-10(14)7-16-13/h6-7,11H,3-5,8-9H2,1-2H3/t11-/m0/s1. The van der Waals surface area contributed by atoms with Crippen LogP contribution < -0.4 is 4.74 Å². The number of hydrogen-bond donors (Lipinski definition) is 0. The highest BCUT2D eigenvalue weighted by Gasteiger charge is 2.27. The molecule has 10 heteroatoms.